The van der Waals surface area contributed by atoms with Crippen LogP contribution < -0.4 is 5.32 Å². The Hall–Kier alpha value is -0.860. The summed E-state index contributed by atoms with van der Waals surface area (Å²) in [5.74, 6) is 0. The van der Waals surface area contributed by atoms with E-state index in [1.165, 1.54) is 57.3 Å². The van der Waals surface area contributed by atoms with Crippen LogP contribution >= 0.6 is 0 Å². The minimum atomic E-state index is 0.527. The summed E-state index contributed by atoms with van der Waals surface area (Å²) in [6.45, 7) is 8.28. The SMILES string of the molecule is CCCC(NC1CCCN(CC)CC1)c1ccccc1. The topological polar surface area (TPSA) is 15.3 Å². The number of rotatable bonds is 6. The molecule has 1 fully saturated rings. The van der Waals surface area contributed by atoms with E-state index in [-0.39, 0.29) is 0 Å². The lowest BCUT2D eigenvalue weighted by molar-refractivity contribution is 0.294. The van der Waals surface area contributed by atoms with E-state index in [1.54, 1.807) is 0 Å². The van der Waals surface area contributed by atoms with Gasteiger partial charge in [-0.05, 0) is 50.9 Å². The molecule has 0 bridgehead atoms. The molecule has 2 rings (SSSR count). The molecule has 1 aromatic carbocycles. The lowest BCUT2D eigenvalue weighted by Gasteiger charge is -2.25. The van der Waals surface area contributed by atoms with Gasteiger partial charge in [0.25, 0.3) is 0 Å². The molecule has 20 heavy (non-hydrogen) atoms. The fourth-order valence-electron chi connectivity index (χ4n) is 3.24. The molecule has 2 unspecified atom stereocenters. The zero-order valence-corrected chi connectivity index (χ0v) is 13.1. The van der Waals surface area contributed by atoms with Crippen LogP contribution in [0.25, 0.3) is 0 Å². The molecule has 0 spiro atoms. The number of hydrogen-bond donors (Lipinski definition) is 1. The normalized spacial score (nSPS) is 22.4. The molecule has 1 N–H and O–H groups in total. The quantitative estimate of drug-likeness (QED) is 0.843. The van der Waals surface area contributed by atoms with Crippen LogP contribution in [0.4, 0.5) is 0 Å². The van der Waals surface area contributed by atoms with Gasteiger partial charge in [0.2, 0.25) is 0 Å². The van der Waals surface area contributed by atoms with Crippen LogP contribution in [0.3, 0.4) is 0 Å². The highest BCUT2D eigenvalue weighted by Crippen LogP contribution is 2.21. The third-order valence-electron chi connectivity index (χ3n) is 4.48. The Morgan fingerprint density at radius 1 is 1.15 bits per heavy atom. The van der Waals surface area contributed by atoms with Crippen molar-refractivity contribution in [3.8, 4) is 0 Å². The van der Waals surface area contributed by atoms with E-state index in [4.69, 9.17) is 0 Å². The van der Waals surface area contributed by atoms with Crippen LogP contribution in [0.2, 0.25) is 0 Å². The molecule has 0 aromatic heterocycles. The first kappa shape index (κ1) is 15.5. The standard InChI is InChI=1S/C18H30N2/c1-3-9-18(16-10-6-5-7-11-16)19-17-12-8-14-20(4-2)15-13-17/h5-7,10-11,17-19H,3-4,8-9,12-15H2,1-2H3. The van der Waals surface area contributed by atoms with Crippen molar-refractivity contribution in [1.29, 1.82) is 0 Å². The van der Waals surface area contributed by atoms with Gasteiger partial charge < -0.3 is 10.2 Å². The number of likely N-dealkylation sites (tertiary alicyclic amines) is 1. The molecule has 0 saturated carbocycles. The van der Waals surface area contributed by atoms with Gasteiger partial charge >= 0.3 is 0 Å². The molecule has 1 aliphatic heterocycles. The maximum atomic E-state index is 3.93. The second kappa shape index (κ2) is 8.43. The molecule has 1 aliphatic rings. The average Bonchev–Trinajstić information content (AvgIpc) is 2.73. The lowest BCUT2D eigenvalue weighted by Crippen LogP contribution is -2.34. The number of benzene rings is 1. The van der Waals surface area contributed by atoms with E-state index in [0.29, 0.717) is 12.1 Å². The maximum absolute atomic E-state index is 3.93. The van der Waals surface area contributed by atoms with Crippen molar-refractivity contribution in [2.24, 2.45) is 0 Å². The van der Waals surface area contributed by atoms with E-state index in [9.17, 15) is 0 Å². The molecule has 1 saturated heterocycles. The van der Waals surface area contributed by atoms with Crippen LogP contribution in [0.1, 0.15) is 57.6 Å². The number of nitrogens with one attached hydrogen (secondary N) is 1. The third kappa shape index (κ3) is 4.60. The highest BCUT2D eigenvalue weighted by atomic mass is 15.1. The van der Waals surface area contributed by atoms with Gasteiger partial charge in [0.05, 0.1) is 0 Å². The molecular weight excluding hydrogens is 244 g/mol. The van der Waals surface area contributed by atoms with Gasteiger partial charge in [-0.3, -0.25) is 0 Å². The lowest BCUT2D eigenvalue weighted by atomic mass is 9.99. The van der Waals surface area contributed by atoms with Crippen molar-refractivity contribution >= 4 is 0 Å². The zero-order chi connectivity index (χ0) is 14.2. The highest BCUT2D eigenvalue weighted by Gasteiger charge is 2.19. The first-order valence-electron chi connectivity index (χ1n) is 8.36. The monoisotopic (exact) mass is 274 g/mol. The fourth-order valence-corrected chi connectivity index (χ4v) is 3.24. The Balaban J connectivity index is 1.94. The Morgan fingerprint density at radius 3 is 2.65 bits per heavy atom. The molecule has 2 heteroatoms. The van der Waals surface area contributed by atoms with Gasteiger partial charge in [-0.15, -0.1) is 0 Å². The smallest absolute Gasteiger partial charge is 0.0322 e. The van der Waals surface area contributed by atoms with Gasteiger partial charge in [0.1, 0.15) is 0 Å². The average molecular weight is 274 g/mol. The largest absolute Gasteiger partial charge is 0.307 e. The van der Waals surface area contributed by atoms with Gasteiger partial charge in [-0.25, -0.2) is 0 Å². The van der Waals surface area contributed by atoms with Crippen molar-refractivity contribution in [2.75, 3.05) is 19.6 Å². The Morgan fingerprint density at radius 2 is 1.95 bits per heavy atom. The summed E-state index contributed by atoms with van der Waals surface area (Å²) in [5, 5.41) is 3.93. The zero-order valence-electron chi connectivity index (χ0n) is 13.1. The summed E-state index contributed by atoms with van der Waals surface area (Å²) in [6, 6.07) is 12.2. The van der Waals surface area contributed by atoms with Crippen molar-refractivity contribution in [3.05, 3.63) is 35.9 Å². The molecule has 0 amide bonds. The third-order valence-corrected chi connectivity index (χ3v) is 4.48. The summed E-state index contributed by atoms with van der Waals surface area (Å²) in [7, 11) is 0. The van der Waals surface area contributed by atoms with Crippen molar-refractivity contribution < 1.29 is 0 Å². The first-order chi connectivity index (χ1) is 9.83. The van der Waals surface area contributed by atoms with Gasteiger partial charge in [0, 0.05) is 12.1 Å². The molecule has 0 radical (unpaired) electrons. The van der Waals surface area contributed by atoms with Crippen LogP contribution in [0.15, 0.2) is 30.3 Å². The van der Waals surface area contributed by atoms with Crippen LogP contribution in [-0.4, -0.2) is 30.6 Å². The van der Waals surface area contributed by atoms with E-state index in [2.05, 4.69) is 54.4 Å². The van der Waals surface area contributed by atoms with E-state index < -0.39 is 0 Å². The van der Waals surface area contributed by atoms with Crippen LogP contribution in [-0.2, 0) is 0 Å². The minimum Gasteiger partial charge on any atom is -0.307 e. The van der Waals surface area contributed by atoms with Crippen molar-refractivity contribution in [2.45, 2.75) is 58.0 Å². The minimum absolute atomic E-state index is 0.527. The summed E-state index contributed by atoms with van der Waals surface area (Å²) in [5.41, 5.74) is 1.45. The predicted octanol–water partition coefficient (Wildman–Crippen LogP) is 3.99. The maximum Gasteiger partial charge on any atom is 0.0322 e. The summed E-state index contributed by atoms with van der Waals surface area (Å²) >= 11 is 0. The van der Waals surface area contributed by atoms with Crippen molar-refractivity contribution in [3.63, 3.8) is 0 Å². The van der Waals surface area contributed by atoms with Crippen LogP contribution in [0.5, 0.6) is 0 Å². The van der Waals surface area contributed by atoms with E-state index in [0.717, 1.165) is 0 Å². The predicted molar refractivity (Wildman–Crippen MR) is 87.0 cm³/mol. The Bertz CT molecular complexity index is 363. The summed E-state index contributed by atoms with van der Waals surface area (Å²) < 4.78 is 0. The van der Waals surface area contributed by atoms with E-state index >= 15 is 0 Å². The highest BCUT2D eigenvalue weighted by molar-refractivity contribution is 5.19. The molecule has 1 heterocycles. The molecule has 2 atom stereocenters. The second-order valence-corrected chi connectivity index (χ2v) is 5.98. The molecular formula is C18H30N2. The van der Waals surface area contributed by atoms with Gasteiger partial charge in [-0.1, -0.05) is 50.6 Å². The second-order valence-electron chi connectivity index (χ2n) is 5.98. The Kier molecular flexibility index (Phi) is 6.55. The van der Waals surface area contributed by atoms with Crippen molar-refractivity contribution in [1.82, 2.24) is 10.2 Å². The number of hydrogen-bond acceptors (Lipinski definition) is 2. The van der Waals surface area contributed by atoms with Gasteiger partial charge in [0.15, 0.2) is 0 Å². The first-order valence-corrected chi connectivity index (χ1v) is 8.36. The molecule has 1 aromatic rings. The summed E-state index contributed by atoms with van der Waals surface area (Å²) in [4.78, 5) is 2.58. The fraction of sp³-hybridized carbons (Fsp3) is 0.667. The molecule has 112 valence electrons. The van der Waals surface area contributed by atoms with E-state index in [1.807, 2.05) is 0 Å². The Labute approximate surface area is 124 Å². The molecule has 2 nitrogen and oxygen atoms in total. The summed E-state index contributed by atoms with van der Waals surface area (Å²) in [6.07, 6.45) is 6.42. The van der Waals surface area contributed by atoms with Crippen LogP contribution in [0, 0.1) is 0 Å². The number of nitrogens with zero attached hydrogens (tertiary/aromatic N) is 1. The van der Waals surface area contributed by atoms with Gasteiger partial charge in [-0.2, -0.15) is 0 Å². The molecule has 0 aliphatic carbocycles.